The van der Waals surface area contributed by atoms with E-state index in [4.69, 9.17) is 14.2 Å². The maximum Gasteiger partial charge on any atom is 0.407 e. The average molecular weight is 553 g/mol. The van der Waals surface area contributed by atoms with E-state index < -0.39 is 18.3 Å². The van der Waals surface area contributed by atoms with E-state index in [9.17, 15) is 13.6 Å². The summed E-state index contributed by atoms with van der Waals surface area (Å²) in [5, 5.41) is 2.71. The van der Waals surface area contributed by atoms with Crippen LogP contribution in [0.15, 0.2) is 54.6 Å². The molecule has 1 fully saturated rings. The van der Waals surface area contributed by atoms with Crippen LogP contribution in [0.1, 0.15) is 37.6 Å². The third-order valence-corrected chi connectivity index (χ3v) is 6.33. The Hall–Kier alpha value is -4.32. The first-order chi connectivity index (χ1) is 19.5. The number of nitrogens with zero attached hydrogens (tertiary/aromatic N) is 5. The molecular weight excluding hydrogens is 522 g/mol. The van der Waals surface area contributed by atoms with Gasteiger partial charge in [-0.2, -0.15) is 9.97 Å². The fourth-order valence-electron chi connectivity index (χ4n) is 4.26. The second-order valence-corrected chi connectivity index (χ2v) is 9.15. The Morgan fingerprint density at radius 2 is 1.80 bits per heavy atom. The summed E-state index contributed by atoms with van der Waals surface area (Å²) in [5.41, 5.74) is 1.78. The molecule has 1 saturated heterocycles. The Morgan fingerprint density at radius 3 is 2.55 bits per heavy atom. The fraction of sp³-hybridized carbons (Fsp3) is 0.357. The molecule has 0 unspecified atom stereocenters. The van der Waals surface area contributed by atoms with E-state index in [2.05, 4.69) is 20.3 Å². The maximum atomic E-state index is 14.1. The van der Waals surface area contributed by atoms with Gasteiger partial charge in [-0.15, -0.1) is 0 Å². The largest absolute Gasteiger partial charge is 0.450 e. The molecular formula is C28H30F2N6O4. The van der Waals surface area contributed by atoms with Crippen molar-refractivity contribution in [1.82, 2.24) is 24.8 Å². The smallest absolute Gasteiger partial charge is 0.407 e. The third kappa shape index (κ3) is 6.45. The predicted molar refractivity (Wildman–Crippen MR) is 144 cm³/mol. The summed E-state index contributed by atoms with van der Waals surface area (Å²) in [6.07, 6.45) is -1.52. The zero-order valence-corrected chi connectivity index (χ0v) is 22.1. The van der Waals surface area contributed by atoms with Gasteiger partial charge in [-0.1, -0.05) is 37.6 Å². The standard InChI is InChI=1S/C28H30F2N6O4/c1-2-3-14-39-28(37)31-18-19-8-10-20(11-9-19)40-27-33-23(35-12-15-38-16-13-35)17-24(34-27)36-22-7-5-4-6-21(22)32-26(36)25(29)30/h4-11,17,25H,2-3,12-16,18H2,1H3,(H,31,37). The minimum absolute atomic E-state index is 0.00219. The lowest BCUT2D eigenvalue weighted by atomic mass is 10.2. The Labute approximate surface area is 229 Å². The average Bonchev–Trinajstić information content (AvgIpc) is 3.38. The van der Waals surface area contributed by atoms with E-state index in [1.165, 1.54) is 4.57 Å². The number of alkyl carbamates (subject to hydrolysis) is 1. The molecule has 0 saturated carbocycles. The van der Waals surface area contributed by atoms with E-state index in [0.717, 1.165) is 18.4 Å². The summed E-state index contributed by atoms with van der Waals surface area (Å²) in [6, 6.07) is 15.6. The molecule has 0 atom stereocenters. The summed E-state index contributed by atoms with van der Waals surface area (Å²) in [6.45, 7) is 4.92. The minimum Gasteiger partial charge on any atom is -0.450 e. The number of rotatable bonds is 10. The monoisotopic (exact) mass is 552 g/mol. The molecule has 1 aliphatic rings. The van der Waals surface area contributed by atoms with Crippen LogP contribution in [0, 0.1) is 0 Å². The summed E-state index contributed by atoms with van der Waals surface area (Å²) in [7, 11) is 0. The molecule has 0 aliphatic carbocycles. The Kier molecular flexibility index (Phi) is 8.65. The first-order valence-corrected chi connectivity index (χ1v) is 13.2. The van der Waals surface area contributed by atoms with Gasteiger partial charge in [0.25, 0.3) is 6.43 Å². The molecule has 1 amide bonds. The molecule has 4 aromatic rings. The van der Waals surface area contributed by atoms with Crippen LogP contribution in [0.3, 0.4) is 0 Å². The highest BCUT2D eigenvalue weighted by atomic mass is 19.3. The van der Waals surface area contributed by atoms with Crippen molar-refractivity contribution in [3.05, 3.63) is 66.0 Å². The molecule has 10 nitrogen and oxygen atoms in total. The van der Waals surface area contributed by atoms with Crippen molar-refractivity contribution in [2.75, 3.05) is 37.8 Å². The second kappa shape index (κ2) is 12.7. The highest BCUT2D eigenvalue weighted by Gasteiger charge is 2.23. The normalized spacial score (nSPS) is 13.6. The molecule has 1 N–H and O–H groups in total. The summed E-state index contributed by atoms with van der Waals surface area (Å²) in [5.74, 6) is 0.786. The first kappa shape index (κ1) is 27.3. The second-order valence-electron chi connectivity index (χ2n) is 9.15. The number of nitrogens with one attached hydrogen (secondary N) is 1. The van der Waals surface area contributed by atoms with Crippen LogP contribution in [0.4, 0.5) is 19.4 Å². The number of hydrogen-bond donors (Lipinski definition) is 1. The number of para-hydroxylation sites is 2. The summed E-state index contributed by atoms with van der Waals surface area (Å²) >= 11 is 0. The van der Waals surface area contributed by atoms with Gasteiger partial charge in [0, 0.05) is 25.7 Å². The van der Waals surface area contributed by atoms with E-state index in [1.54, 1.807) is 54.6 Å². The van der Waals surface area contributed by atoms with Gasteiger partial charge in [-0.25, -0.2) is 18.6 Å². The quantitative estimate of drug-likeness (QED) is 0.261. The van der Waals surface area contributed by atoms with E-state index in [1.807, 2.05) is 11.8 Å². The number of morpholine rings is 1. The first-order valence-electron chi connectivity index (χ1n) is 13.2. The lowest BCUT2D eigenvalue weighted by molar-refractivity contribution is 0.122. The summed E-state index contributed by atoms with van der Waals surface area (Å²) < 4.78 is 46.0. The van der Waals surface area contributed by atoms with Crippen molar-refractivity contribution in [2.24, 2.45) is 0 Å². The van der Waals surface area contributed by atoms with Crippen molar-refractivity contribution >= 4 is 22.9 Å². The lowest BCUT2D eigenvalue weighted by Crippen LogP contribution is -2.36. The molecule has 5 rings (SSSR count). The molecule has 0 radical (unpaired) electrons. The zero-order valence-electron chi connectivity index (χ0n) is 22.1. The molecule has 210 valence electrons. The number of unbranched alkanes of at least 4 members (excludes halogenated alkanes) is 1. The van der Waals surface area contributed by atoms with E-state index in [-0.39, 0.29) is 11.8 Å². The van der Waals surface area contributed by atoms with Crippen LogP contribution in [0.5, 0.6) is 11.8 Å². The number of alkyl halides is 2. The van der Waals surface area contributed by atoms with Crippen molar-refractivity contribution in [3.8, 4) is 17.6 Å². The molecule has 1 aliphatic heterocycles. The molecule has 2 aromatic heterocycles. The van der Waals surface area contributed by atoms with Crippen LogP contribution < -0.4 is 15.0 Å². The van der Waals surface area contributed by atoms with Crippen molar-refractivity contribution in [1.29, 1.82) is 0 Å². The number of halogens is 2. The molecule has 0 spiro atoms. The topological polar surface area (TPSA) is 104 Å². The number of amides is 1. The highest BCUT2D eigenvalue weighted by Crippen LogP contribution is 2.30. The van der Waals surface area contributed by atoms with Crippen LogP contribution in [0.25, 0.3) is 16.9 Å². The number of benzene rings is 2. The molecule has 40 heavy (non-hydrogen) atoms. The number of hydrogen-bond acceptors (Lipinski definition) is 8. The SMILES string of the molecule is CCCCOC(=O)NCc1ccc(Oc2nc(N3CCOCC3)cc(-n3c(C(F)F)nc4ccccc43)n2)cc1. The van der Waals surface area contributed by atoms with E-state index >= 15 is 0 Å². The van der Waals surface area contributed by atoms with Crippen molar-refractivity contribution < 1.29 is 27.8 Å². The van der Waals surface area contributed by atoms with E-state index in [0.29, 0.717) is 62.1 Å². The lowest BCUT2D eigenvalue weighted by Gasteiger charge is -2.28. The zero-order chi connectivity index (χ0) is 27.9. The van der Waals surface area contributed by atoms with Gasteiger partial charge in [0.2, 0.25) is 0 Å². The number of ether oxygens (including phenoxy) is 3. The van der Waals surface area contributed by atoms with Gasteiger partial charge in [0.05, 0.1) is 30.9 Å². The molecule has 3 heterocycles. The van der Waals surface area contributed by atoms with Crippen molar-refractivity contribution in [2.45, 2.75) is 32.7 Å². The van der Waals surface area contributed by atoms with Gasteiger partial charge in [0.1, 0.15) is 17.4 Å². The predicted octanol–water partition coefficient (Wildman–Crippen LogP) is 5.41. The molecule has 2 aromatic carbocycles. The highest BCUT2D eigenvalue weighted by molar-refractivity contribution is 5.78. The Bertz CT molecular complexity index is 1440. The molecule has 0 bridgehead atoms. The number of carbonyl (C=O) groups is 1. The molecule has 12 heteroatoms. The minimum atomic E-state index is -2.82. The van der Waals surface area contributed by atoms with Gasteiger partial charge in [-0.3, -0.25) is 4.57 Å². The van der Waals surface area contributed by atoms with Gasteiger partial charge in [0.15, 0.2) is 5.82 Å². The summed E-state index contributed by atoms with van der Waals surface area (Å²) in [4.78, 5) is 27.0. The van der Waals surface area contributed by atoms with Gasteiger partial charge in [-0.05, 0) is 36.2 Å². The number of imidazole rings is 1. The Morgan fingerprint density at radius 1 is 1.05 bits per heavy atom. The Balaban J connectivity index is 1.41. The van der Waals surface area contributed by atoms with Crippen LogP contribution >= 0.6 is 0 Å². The van der Waals surface area contributed by atoms with Crippen LogP contribution in [-0.4, -0.2) is 58.5 Å². The number of carbonyl (C=O) groups excluding carboxylic acids is 1. The number of aromatic nitrogens is 4. The van der Waals surface area contributed by atoms with Crippen LogP contribution in [-0.2, 0) is 16.0 Å². The van der Waals surface area contributed by atoms with Gasteiger partial charge < -0.3 is 24.4 Å². The van der Waals surface area contributed by atoms with Crippen LogP contribution in [0.2, 0.25) is 0 Å². The van der Waals surface area contributed by atoms with Gasteiger partial charge >= 0.3 is 12.1 Å². The van der Waals surface area contributed by atoms with Crippen molar-refractivity contribution in [3.63, 3.8) is 0 Å². The maximum absolute atomic E-state index is 14.1. The number of anilines is 1. The third-order valence-electron chi connectivity index (χ3n) is 6.33. The number of fused-ring (bicyclic) bond motifs is 1. The fourth-order valence-corrected chi connectivity index (χ4v) is 4.26.